The second kappa shape index (κ2) is 3.41. The minimum absolute atomic E-state index is 0.0191. The molecule has 13 heavy (non-hydrogen) atoms. The van der Waals surface area contributed by atoms with E-state index in [0.29, 0.717) is 5.69 Å². The van der Waals surface area contributed by atoms with Gasteiger partial charge < -0.3 is 0 Å². The smallest absolute Gasteiger partial charge is 0.241 e. The third-order valence-corrected chi connectivity index (χ3v) is 2.37. The van der Waals surface area contributed by atoms with E-state index in [1.165, 1.54) is 0 Å². The van der Waals surface area contributed by atoms with Crippen LogP contribution in [0.4, 0.5) is 0 Å². The van der Waals surface area contributed by atoms with E-state index < -0.39 is 0 Å². The number of halogens is 1. The van der Waals surface area contributed by atoms with Crippen molar-refractivity contribution in [3.8, 4) is 0 Å². The van der Waals surface area contributed by atoms with Crippen LogP contribution >= 0.6 is 22.6 Å². The van der Waals surface area contributed by atoms with Crippen molar-refractivity contribution in [2.45, 2.75) is 0 Å². The fraction of sp³-hybridized carbons (Fsp3) is 0. The van der Waals surface area contributed by atoms with Crippen LogP contribution in [0.2, 0.25) is 0 Å². The number of nitrogens with zero attached hydrogens (tertiary/aromatic N) is 1. The van der Waals surface area contributed by atoms with Gasteiger partial charge in [0.1, 0.15) is 5.69 Å². The van der Waals surface area contributed by atoms with Crippen LogP contribution in [0.3, 0.4) is 0 Å². The Morgan fingerprint density at radius 1 is 1.23 bits per heavy atom. The first-order chi connectivity index (χ1) is 6.29. The molecule has 0 N–H and O–H groups in total. The highest BCUT2D eigenvalue weighted by atomic mass is 127. The summed E-state index contributed by atoms with van der Waals surface area (Å²) in [5.41, 5.74) is 0.540. The zero-order chi connectivity index (χ0) is 9.26. The maximum atomic E-state index is 11.2. The van der Waals surface area contributed by atoms with Gasteiger partial charge in [0.25, 0.3) is 0 Å². The Kier molecular flexibility index (Phi) is 2.26. The molecule has 0 atom stereocenters. The largest absolute Gasteiger partial charge is 0.280 e. The summed E-state index contributed by atoms with van der Waals surface area (Å²) in [7, 11) is 0. The minimum atomic E-state index is -0.0191. The van der Waals surface area contributed by atoms with Gasteiger partial charge >= 0.3 is 0 Å². The highest BCUT2D eigenvalue weighted by Crippen LogP contribution is 2.18. The first kappa shape index (κ1) is 8.62. The predicted molar refractivity (Wildman–Crippen MR) is 60.1 cm³/mol. The molecule has 64 valence electrons. The fourth-order valence-corrected chi connectivity index (χ4v) is 1.71. The first-order valence-corrected chi connectivity index (χ1v) is 4.90. The molecule has 0 saturated carbocycles. The maximum Gasteiger partial charge on any atom is 0.241 e. The van der Waals surface area contributed by atoms with E-state index in [0.717, 1.165) is 10.8 Å². The van der Waals surface area contributed by atoms with Gasteiger partial charge in [-0.1, -0.05) is 24.3 Å². The second-order valence-corrected chi connectivity index (χ2v) is 3.63. The molecule has 0 radical (unpaired) electrons. The molecule has 0 bridgehead atoms. The maximum absolute atomic E-state index is 11.2. The summed E-state index contributed by atoms with van der Waals surface area (Å²) in [5, 5.41) is 1.97. The summed E-state index contributed by atoms with van der Waals surface area (Å²) >= 11 is 1.75. The van der Waals surface area contributed by atoms with Gasteiger partial charge in [-0.25, -0.2) is 0 Å². The van der Waals surface area contributed by atoms with Crippen molar-refractivity contribution >= 4 is 37.2 Å². The Labute approximate surface area is 89.1 Å². The van der Waals surface area contributed by atoms with Crippen LogP contribution in [-0.2, 0) is 0 Å². The van der Waals surface area contributed by atoms with E-state index in [-0.39, 0.29) is 3.79 Å². The summed E-state index contributed by atoms with van der Waals surface area (Å²) < 4.78 is -0.0191. The summed E-state index contributed by atoms with van der Waals surface area (Å²) in [6.07, 6.45) is 1.66. The molecule has 0 unspecified atom stereocenters. The number of hydrogen-bond acceptors (Lipinski definition) is 2. The Morgan fingerprint density at radius 2 is 2.00 bits per heavy atom. The van der Waals surface area contributed by atoms with Crippen molar-refractivity contribution in [1.29, 1.82) is 0 Å². The van der Waals surface area contributed by atoms with Gasteiger partial charge in [-0.05, 0) is 11.5 Å². The molecular formula is C10H6INO. The lowest BCUT2D eigenvalue weighted by atomic mass is 10.1. The minimum Gasteiger partial charge on any atom is -0.280 e. The third-order valence-electron chi connectivity index (χ3n) is 1.86. The standard InChI is InChI=1S/C10H6INO/c11-10(13)9-8-4-2-1-3-7(8)5-6-12-9/h1-6H. The summed E-state index contributed by atoms with van der Waals surface area (Å²) in [5.74, 6) is 0. The van der Waals surface area contributed by atoms with Gasteiger partial charge in [-0.2, -0.15) is 0 Å². The molecule has 0 aliphatic carbocycles. The number of carbonyl (C=O) groups excluding carboxylic acids is 1. The van der Waals surface area contributed by atoms with Crippen LogP contribution < -0.4 is 0 Å². The molecule has 0 aliphatic rings. The monoisotopic (exact) mass is 283 g/mol. The Morgan fingerprint density at radius 3 is 2.77 bits per heavy atom. The number of aromatic nitrogens is 1. The SMILES string of the molecule is O=C(I)c1nccc2ccccc12. The fourth-order valence-electron chi connectivity index (χ4n) is 1.28. The lowest BCUT2D eigenvalue weighted by molar-refractivity contribution is 0.110. The number of fused-ring (bicyclic) bond motifs is 1. The quantitative estimate of drug-likeness (QED) is 0.595. The summed E-state index contributed by atoms with van der Waals surface area (Å²) in [4.78, 5) is 15.2. The molecule has 0 spiro atoms. The number of rotatable bonds is 1. The number of benzene rings is 1. The van der Waals surface area contributed by atoms with E-state index in [1.54, 1.807) is 28.8 Å². The molecule has 0 aliphatic heterocycles. The first-order valence-electron chi connectivity index (χ1n) is 3.82. The number of hydrogen-bond donors (Lipinski definition) is 0. The molecule has 2 nitrogen and oxygen atoms in total. The normalized spacial score (nSPS) is 10.2. The molecule has 0 amide bonds. The van der Waals surface area contributed by atoms with Gasteiger partial charge in [-0.15, -0.1) is 0 Å². The van der Waals surface area contributed by atoms with Gasteiger partial charge in [0, 0.05) is 34.2 Å². The van der Waals surface area contributed by atoms with E-state index in [2.05, 4.69) is 4.98 Å². The van der Waals surface area contributed by atoms with E-state index in [1.807, 2.05) is 30.3 Å². The molecule has 2 rings (SSSR count). The molecule has 1 aromatic carbocycles. The van der Waals surface area contributed by atoms with Crippen LogP contribution in [0.1, 0.15) is 10.5 Å². The zero-order valence-corrected chi connectivity index (χ0v) is 8.86. The topological polar surface area (TPSA) is 30.0 Å². The molecule has 1 aromatic heterocycles. The van der Waals surface area contributed by atoms with Crippen LogP contribution in [0.15, 0.2) is 36.5 Å². The van der Waals surface area contributed by atoms with Crippen molar-refractivity contribution in [3.63, 3.8) is 0 Å². The summed E-state index contributed by atoms with van der Waals surface area (Å²) in [6, 6.07) is 9.64. The molecule has 1 heterocycles. The lowest BCUT2D eigenvalue weighted by Crippen LogP contribution is -1.93. The van der Waals surface area contributed by atoms with Crippen LogP contribution in [0.5, 0.6) is 0 Å². The average molecular weight is 283 g/mol. The third kappa shape index (κ3) is 1.56. The van der Waals surface area contributed by atoms with Crippen molar-refractivity contribution in [1.82, 2.24) is 4.98 Å². The molecule has 0 fully saturated rings. The van der Waals surface area contributed by atoms with Gasteiger partial charge in [-0.3, -0.25) is 9.78 Å². The van der Waals surface area contributed by atoms with E-state index >= 15 is 0 Å². The van der Waals surface area contributed by atoms with Gasteiger partial charge in [0.05, 0.1) is 0 Å². The van der Waals surface area contributed by atoms with Crippen LogP contribution in [0.25, 0.3) is 10.8 Å². The van der Waals surface area contributed by atoms with Crippen molar-refractivity contribution in [3.05, 3.63) is 42.2 Å². The van der Waals surface area contributed by atoms with Crippen molar-refractivity contribution < 1.29 is 4.79 Å². The van der Waals surface area contributed by atoms with Gasteiger partial charge in [0.2, 0.25) is 3.79 Å². The number of carbonyl (C=O) groups is 1. The molecule has 2 aromatic rings. The zero-order valence-electron chi connectivity index (χ0n) is 6.70. The van der Waals surface area contributed by atoms with E-state index in [4.69, 9.17) is 0 Å². The Balaban J connectivity index is 2.83. The second-order valence-electron chi connectivity index (χ2n) is 2.65. The van der Waals surface area contributed by atoms with Crippen LogP contribution in [0, 0.1) is 0 Å². The van der Waals surface area contributed by atoms with Gasteiger partial charge in [0.15, 0.2) is 0 Å². The highest BCUT2D eigenvalue weighted by Gasteiger charge is 2.06. The highest BCUT2D eigenvalue weighted by molar-refractivity contribution is 14.1. The predicted octanol–water partition coefficient (Wildman–Crippen LogP) is 2.81. The van der Waals surface area contributed by atoms with Crippen LogP contribution in [-0.4, -0.2) is 8.77 Å². The lowest BCUT2D eigenvalue weighted by Gasteiger charge is -1.99. The van der Waals surface area contributed by atoms with E-state index in [9.17, 15) is 4.79 Å². The Hall–Kier alpha value is -0.970. The molecule has 0 saturated heterocycles. The molecule has 3 heteroatoms. The summed E-state index contributed by atoms with van der Waals surface area (Å²) in [6.45, 7) is 0. The molecular weight excluding hydrogens is 277 g/mol. The number of pyridine rings is 1. The van der Waals surface area contributed by atoms with Crippen molar-refractivity contribution in [2.24, 2.45) is 0 Å². The van der Waals surface area contributed by atoms with Crippen molar-refractivity contribution in [2.75, 3.05) is 0 Å². The Bertz CT molecular complexity index is 462. The average Bonchev–Trinajstić information content (AvgIpc) is 2.17.